The second kappa shape index (κ2) is 10.2. The molecular formula is C21H21BrFN3O4. The highest BCUT2D eigenvalue weighted by molar-refractivity contribution is 9.10. The maximum absolute atomic E-state index is 12.8. The highest BCUT2D eigenvalue weighted by Crippen LogP contribution is 2.20. The van der Waals surface area contributed by atoms with Crippen LogP contribution in [0.4, 0.5) is 4.39 Å². The molecular weight excluding hydrogens is 457 g/mol. The van der Waals surface area contributed by atoms with Crippen LogP contribution in [-0.2, 0) is 9.59 Å². The summed E-state index contributed by atoms with van der Waals surface area (Å²) < 4.78 is 19.0. The summed E-state index contributed by atoms with van der Waals surface area (Å²) in [5, 5.41) is 0. The van der Waals surface area contributed by atoms with Gasteiger partial charge in [0.05, 0.1) is 0 Å². The molecule has 2 aromatic rings. The summed E-state index contributed by atoms with van der Waals surface area (Å²) in [6, 6.07) is 12.4. The maximum atomic E-state index is 12.8. The van der Waals surface area contributed by atoms with Gasteiger partial charge in [0, 0.05) is 29.0 Å². The standard InChI is InChI=1S/C21H21BrFN3O4/c22-16-3-1-15(2-4-16)21(29)26-11-9-14(10-12-26)20(28)25-24-19(27)13-30-18-7-5-17(23)6-8-18/h1-8,14H,9-13H2,(H,24,27)(H,25,28). The molecule has 1 aliphatic rings. The fourth-order valence-electron chi connectivity index (χ4n) is 3.07. The molecule has 0 aromatic heterocycles. The molecule has 0 bridgehead atoms. The van der Waals surface area contributed by atoms with E-state index < -0.39 is 11.7 Å². The molecule has 0 spiro atoms. The van der Waals surface area contributed by atoms with E-state index in [1.54, 1.807) is 17.0 Å². The fraction of sp³-hybridized carbons (Fsp3) is 0.286. The van der Waals surface area contributed by atoms with Crippen molar-refractivity contribution in [2.45, 2.75) is 12.8 Å². The van der Waals surface area contributed by atoms with E-state index in [9.17, 15) is 18.8 Å². The lowest BCUT2D eigenvalue weighted by molar-refractivity contribution is -0.132. The van der Waals surface area contributed by atoms with E-state index in [4.69, 9.17) is 4.74 Å². The molecule has 7 nitrogen and oxygen atoms in total. The molecule has 9 heteroatoms. The van der Waals surface area contributed by atoms with Crippen LogP contribution < -0.4 is 15.6 Å². The van der Waals surface area contributed by atoms with Gasteiger partial charge in [-0.05, 0) is 61.4 Å². The number of hydrogen-bond donors (Lipinski definition) is 2. The first-order valence-electron chi connectivity index (χ1n) is 9.44. The van der Waals surface area contributed by atoms with Gasteiger partial charge in [-0.25, -0.2) is 4.39 Å². The van der Waals surface area contributed by atoms with Crippen molar-refractivity contribution in [1.82, 2.24) is 15.8 Å². The molecule has 30 heavy (non-hydrogen) atoms. The van der Waals surface area contributed by atoms with Crippen molar-refractivity contribution in [3.8, 4) is 5.75 Å². The second-order valence-corrected chi connectivity index (χ2v) is 7.77. The van der Waals surface area contributed by atoms with Crippen molar-refractivity contribution < 1.29 is 23.5 Å². The molecule has 2 aromatic carbocycles. The highest BCUT2D eigenvalue weighted by atomic mass is 79.9. The fourth-order valence-corrected chi connectivity index (χ4v) is 3.33. The predicted octanol–water partition coefficient (Wildman–Crippen LogP) is 2.67. The SMILES string of the molecule is O=C(COc1ccc(F)cc1)NNC(=O)C1CCN(C(=O)c2ccc(Br)cc2)CC1. The number of ether oxygens (including phenoxy) is 1. The number of likely N-dealkylation sites (tertiary alicyclic amines) is 1. The summed E-state index contributed by atoms with van der Waals surface area (Å²) >= 11 is 3.34. The number of carbonyl (C=O) groups excluding carboxylic acids is 3. The molecule has 1 saturated heterocycles. The number of halogens is 2. The van der Waals surface area contributed by atoms with Crippen LogP contribution in [0.1, 0.15) is 23.2 Å². The summed E-state index contributed by atoms with van der Waals surface area (Å²) in [5.41, 5.74) is 5.30. The topological polar surface area (TPSA) is 87.7 Å². The molecule has 3 rings (SSSR count). The van der Waals surface area contributed by atoms with Gasteiger partial charge in [0.25, 0.3) is 11.8 Å². The molecule has 0 unspecified atom stereocenters. The number of nitrogens with zero attached hydrogens (tertiary/aromatic N) is 1. The number of piperidine rings is 1. The lowest BCUT2D eigenvalue weighted by Crippen LogP contribution is -2.49. The van der Waals surface area contributed by atoms with E-state index in [0.29, 0.717) is 37.2 Å². The molecule has 158 valence electrons. The summed E-state index contributed by atoms with van der Waals surface area (Å²) in [4.78, 5) is 38.3. The molecule has 0 aliphatic carbocycles. The molecule has 3 amide bonds. The molecule has 1 heterocycles. The zero-order chi connectivity index (χ0) is 21.5. The Kier molecular flexibility index (Phi) is 7.40. The third kappa shape index (κ3) is 6.03. The minimum Gasteiger partial charge on any atom is -0.484 e. The molecule has 2 N–H and O–H groups in total. The van der Waals surface area contributed by atoms with Crippen LogP contribution in [-0.4, -0.2) is 42.3 Å². The number of benzene rings is 2. The van der Waals surface area contributed by atoms with E-state index in [1.165, 1.54) is 24.3 Å². The van der Waals surface area contributed by atoms with Crippen LogP contribution in [0.3, 0.4) is 0 Å². The van der Waals surface area contributed by atoms with Gasteiger partial charge < -0.3 is 9.64 Å². The summed E-state index contributed by atoms with van der Waals surface area (Å²) in [6.45, 7) is 0.620. The maximum Gasteiger partial charge on any atom is 0.276 e. The zero-order valence-corrected chi connectivity index (χ0v) is 17.7. The molecule has 0 radical (unpaired) electrons. The summed E-state index contributed by atoms with van der Waals surface area (Å²) in [7, 11) is 0. The van der Waals surface area contributed by atoms with Gasteiger partial charge >= 0.3 is 0 Å². The Bertz CT molecular complexity index is 897. The van der Waals surface area contributed by atoms with E-state index in [1.807, 2.05) is 12.1 Å². The zero-order valence-electron chi connectivity index (χ0n) is 16.1. The number of nitrogens with one attached hydrogen (secondary N) is 2. The van der Waals surface area contributed by atoms with Gasteiger partial charge in [-0.2, -0.15) is 0 Å². The lowest BCUT2D eigenvalue weighted by Gasteiger charge is -2.31. The Morgan fingerprint density at radius 3 is 2.27 bits per heavy atom. The first kappa shape index (κ1) is 21.8. The normalized spacial score (nSPS) is 14.1. The third-order valence-electron chi connectivity index (χ3n) is 4.75. The van der Waals surface area contributed by atoms with Crippen LogP contribution >= 0.6 is 15.9 Å². The molecule has 0 atom stereocenters. The average molecular weight is 478 g/mol. The average Bonchev–Trinajstić information content (AvgIpc) is 2.77. The van der Waals surface area contributed by atoms with E-state index in [0.717, 1.165) is 4.47 Å². The quantitative estimate of drug-likeness (QED) is 0.648. The van der Waals surface area contributed by atoms with Crippen LogP contribution in [0.5, 0.6) is 5.75 Å². The number of hydrazine groups is 1. The van der Waals surface area contributed by atoms with E-state index in [-0.39, 0.29) is 24.3 Å². The lowest BCUT2D eigenvalue weighted by atomic mass is 9.95. The summed E-state index contributed by atoms with van der Waals surface area (Å²) in [5.74, 6) is -1.24. The first-order valence-corrected chi connectivity index (χ1v) is 10.2. The van der Waals surface area contributed by atoms with Gasteiger partial charge in [-0.1, -0.05) is 15.9 Å². The van der Waals surface area contributed by atoms with E-state index in [2.05, 4.69) is 26.8 Å². The van der Waals surface area contributed by atoms with Crippen molar-refractivity contribution >= 4 is 33.7 Å². The Morgan fingerprint density at radius 1 is 1.00 bits per heavy atom. The van der Waals surface area contributed by atoms with Gasteiger partial charge in [0.15, 0.2) is 6.61 Å². The van der Waals surface area contributed by atoms with Crippen molar-refractivity contribution in [3.63, 3.8) is 0 Å². The highest BCUT2D eigenvalue weighted by Gasteiger charge is 2.28. The Balaban J connectivity index is 1.38. The van der Waals surface area contributed by atoms with Gasteiger partial charge in [-0.15, -0.1) is 0 Å². The molecule has 1 aliphatic heterocycles. The van der Waals surface area contributed by atoms with Crippen LogP contribution in [0.2, 0.25) is 0 Å². The number of amides is 3. The smallest absolute Gasteiger partial charge is 0.276 e. The molecule has 1 fully saturated rings. The minimum atomic E-state index is -0.532. The van der Waals surface area contributed by atoms with Gasteiger partial charge in [0.1, 0.15) is 11.6 Å². The van der Waals surface area contributed by atoms with Gasteiger partial charge in [0.2, 0.25) is 5.91 Å². The van der Waals surface area contributed by atoms with E-state index >= 15 is 0 Å². The van der Waals surface area contributed by atoms with Crippen molar-refractivity contribution in [1.29, 1.82) is 0 Å². The summed E-state index contributed by atoms with van der Waals surface area (Å²) in [6.07, 6.45) is 1.02. The van der Waals surface area contributed by atoms with Crippen molar-refractivity contribution in [2.75, 3.05) is 19.7 Å². The first-order chi connectivity index (χ1) is 14.4. The minimum absolute atomic E-state index is 0.0624. The number of hydrogen-bond acceptors (Lipinski definition) is 4. The Hall–Kier alpha value is -2.94. The Labute approximate surface area is 181 Å². The number of rotatable bonds is 5. The monoisotopic (exact) mass is 477 g/mol. The largest absolute Gasteiger partial charge is 0.484 e. The predicted molar refractivity (Wildman–Crippen MR) is 111 cm³/mol. The van der Waals surface area contributed by atoms with Crippen LogP contribution in [0.15, 0.2) is 53.0 Å². The second-order valence-electron chi connectivity index (χ2n) is 6.85. The molecule has 0 saturated carbocycles. The Morgan fingerprint density at radius 2 is 1.63 bits per heavy atom. The van der Waals surface area contributed by atoms with Crippen LogP contribution in [0, 0.1) is 11.7 Å². The number of carbonyl (C=O) groups is 3. The van der Waals surface area contributed by atoms with Crippen molar-refractivity contribution in [3.05, 3.63) is 64.4 Å². The van der Waals surface area contributed by atoms with Crippen molar-refractivity contribution in [2.24, 2.45) is 5.92 Å². The van der Waals surface area contributed by atoms with Crippen LogP contribution in [0.25, 0.3) is 0 Å². The third-order valence-corrected chi connectivity index (χ3v) is 5.28. The van der Waals surface area contributed by atoms with Gasteiger partial charge in [-0.3, -0.25) is 25.2 Å².